The topological polar surface area (TPSA) is 63.1 Å². The van der Waals surface area contributed by atoms with E-state index in [1.165, 1.54) is 18.0 Å². The summed E-state index contributed by atoms with van der Waals surface area (Å²) < 4.78 is 0. The van der Waals surface area contributed by atoms with Gasteiger partial charge in [-0.05, 0) is 24.5 Å². The van der Waals surface area contributed by atoms with Gasteiger partial charge in [0.2, 0.25) is 0 Å². The molecule has 1 N–H and O–H groups in total. The SMILES string of the molecule is CCc1ccc(-c2ncc(C(=O)O)cn2)c(C)c1. The lowest BCUT2D eigenvalue weighted by Crippen LogP contribution is -2.00. The van der Waals surface area contributed by atoms with Crippen molar-refractivity contribution in [2.24, 2.45) is 0 Å². The zero-order valence-corrected chi connectivity index (χ0v) is 10.3. The number of nitrogens with zero attached hydrogens (tertiary/aromatic N) is 2. The number of carboxylic acid groups (broad SMARTS) is 1. The molecular formula is C14H14N2O2. The Bertz CT molecular complexity index is 577. The maximum Gasteiger partial charge on any atom is 0.338 e. The molecule has 92 valence electrons. The van der Waals surface area contributed by atoms with Crippen molar-refractivity contribution in [1.29, 1.82) is 0 Å². The molecule has 0 unspecified atom stereocenters. The van der Waals surface area contributed by atoms with E-state index in [0.717, 1.165) is 17.5 Å². The second kappa shape index (κ2) is 4.96. The van der Waals surface area contributed by atoms with E-state index in [1.807, 2.05) is 19.1 Å². The van der Waals surface area contributed by atoms with E-state index >= 15 is 0 Å². The quantitative estimate of drug-likeness (QED) is 0.898. The lowest BCUT2D eigenvalue weighted by molar-refractivity contribution is 0.0696. The molecule has 0 radical (unpaired) electrons. The molecule has 1 heterocycles. The summed E-state index contributed by atoms with van der Waals surface area (Å²) in [6.45, 7) is 4.11. The second-order valence-electron chi connectivity index (χ2n) is 4.10. The third kappa shape index (κ3) is 2.37. The largest absolute Gasteiger partial charge is 0.478 e. The molecule has 0 aliphatic carbocycles. The molecule has 0 fully saturated rings. The third-order valence-electron chi connectivity index (χ3n) is 2.84. The van der Waals surface area contributed by atoms with Crippen molar-refractivity contribution in [3.63, 3.8) is 0 Å². The van der Waals surface area contributed by atoms with Gasteiger partial charge in [0.25, 0.3) is 0 Å². The smallest absolute Gasteiger partial charge is 0.338 e. The first kappa shape index (κ1) is 12.2. The number of hydrogen-bond acceptors (Lipinski definition) is 3. The third-order valence-corrected chi connectivity index (χ3v) is 2.84. The monoisotopic (exact) mass is 242 g/mol. The van der Waals surface area contributed by atoms with Gasteiger partial charge in [0, 0.05) is 18.0 Å². The van der Waals surface area contributed by atoms with Gasteiger partial charge in [0.15, 0.2) is 5.82 Å². The van der Waals surface area contributed by atoms with Crippen molar-refractivity contribution in [1.82, 2.24) is 9.97 Å². The molecular weight excluding hydrogens is 228 g/mol. The molecule has 0 amide bonds. The molecule has 2 rings (SSSR count). The first-order valence-corrected chi connectivity index (χ1v) is 5.77. The van der Waals surface area contributed by atoms with Gasteiger partial charge in [-0.1, -0.05) is 25.1 Å². The molecule has 2 aromatic rings. The lowest BCUT2D eigenvalue weighted by atomic mass is 10.0. The molecule has 0 atom stereocenters. The van der Waals surface area contributed by atoms with Crippen molar-refractivity contribution in [2.75, 3.05) is 0 Å². The average Bonchev–Trinajstić information content (AvgIpc) is 2.38. The van der Waals surface area contributed by atoms with Crippen molar-refractivity contribution in [3.8, 4) is 11.4 Å². The summed E-state index contributed by atoms with van der Waals surface area (Å²) in [5, 5.41) is 8.79. The van der Waals surface area contributed by atoms with Crippen LogP contribution in [-0.2, 0) is 6.42 Å². The second-order valence-corrected chi connectivity index (χ2v) is 4.10. The van der Waals surface area contributed by atoms with E-state index in [4.69, 9.17) is 5.11 Å². The summed E-state index contributed by atoms with van der Waals surface area (Å²) >= 11 is 0. The molecule has 4 heteroatoms. The zero-order chi connectivity index (χ0) is 13.1. The molecule has 0 bridgehead atoms. The summed E-state index contributed by atoms with van der Waals surface area (Å²) in [6.07, 6.45) is 3.65. The van der Waals surface area contributed by atoms with E-state index in [2.05, 4.69) is 23.0 Å². The molecule has 0 saturated carbocycles. The predicted molar refractivity (Wildman–Crippen MR) is 68.5 cm³/mol. The van der Waals surface area contributed by atoms with Crippen LogP contribution in [0.3, 0.4) is 0 Å². The summed E-state index contributed by atoms with van der Waals surface area (Å²) in [6, 6.07) is 6.12. The van der Waals surface area contributed by atoms with Gasteiger partial charge in [0.1, 0.15) is 0 Å². The van der Waals surface area contributed by atoms with E-state index in [-0.39, 0.29) is 5.56 Å². The van der Waals surface area contributed by atoms with Crippen LogP contribution in [-0.4, -0.2) is 21.0 Å². The molecule has 0 aliphatic rings. The molecule has 18 heavy (non-hydrogen) atoms. The minimum Gasteiger partial charge on any atom is -0.478 e. The van der Waals surface area contributed by atoms with Crippen molar-refractivity contribution in [3.05, 3.63) is 47.3 Å². The number of benzene rings is 1. The van der Waals surface area contributed by atoms with Gasteiger partial charge in [-0.15, -0.1) is 0 Å². The van der Waals surface area contributed by atoms with Crippen molar-refractivity contribution >= 4 is 5.97 Å². The van der Waals surface area contributed by atoms with E-state index in [1.54, 1.807) is 0 Å². The van der Waals surface area contributed by atoms with Crippen LogP contribution in [0.2, 0.25) is 0 Å². The first-order valence-electron chi connectivity index (χ1n) is 5.77. The Labute approximate surface area is 105 Å². The Kier molecular flexibility index (Phi) is 3.37. The highest BCUT2D eigenvalue weighted by atomic mass is 16.4. The van der Waals surface area contributed by atoms with Crippen LogP contribution in [0.15, 0.2) is 30.6 Å². The summed E-state index contributed by atoms with van der Waals surface area (Å²) in [5.74, 6) is -0.459. The molecule has 0 spiro atoms. The maximum atomic E-state index is 10.7. The molecule has 0 aliphatic heterocycles. The van der Waals surface area contributed by atoms with Crippen molar-refractivity contribution in [2.45, 2.75) is 20.3 Å². The van der Waals surface area contributed by atoms with Crippen LogP contribution >= 0.6 is 0 Å². The van der Waals surface area contributed by atoms with Gasteiger partial charge in [-0.25, -0.2) is 14.8 Å². The predicted octanol–water partition coefficient (Wildman–Crippen LogP) is 2.71. The summed E-state index contributed by atoms with van der Waals surface area (Å²) in [5.41, 5.74) is 3.39. The molecule has 4 nitrogen and oxygen atoms in total. The number of aryl methyl sites for hydroxylation is 2. The minimum absolute atomic E-state index is 0.0987. The van der Waals surface area contributed by atoms with Crippen LogP contribution in [0.1, 0.15) is 28.4 Å². The Balaban J connectivity index is 2.39. The Morgan fingerprint density at radius 2 is 1.94 bits per heavy atom. The Morgan fingerprint density at radius 1 is 1.28 bits per heavy atom. The summed E-state index contributed by atoms with van der Waals surface area (Å²) in [7, 11) is 0. The number of rotatable bonds is 3. The van der Waals surface area contributed by atoms with Gasteiger partial charge < -0.3 is 5.11 Å². The minimum atomic E-state index is -1.01. The van der Waals surface area contributed by atoms with Crippen LogP contribution in [0.4, 0.5) is 0 Å². The number of carboxylic acids is 1. The Hall–Kier alpha value is -2.23. The maximum absolute atomic E-state index is 10.7. The fraction of sp³-hybridized carbons (Fsp3) is 0.214. The van der Waals surface area contributed by atoms with Crippen molar-refractivity contribution < 1.29 is 9.90 Å². The van der Waals surface area contributed by atoms with Crippen LogP contribution in [0.5, 0.6) is 0 Å². The van der Waals surface area contributed by atoms with Crippen LogP contribution < -0.4 is 0 Å². The highest BCUT2D eigenvalue weighted by Gasteiger charge is 2.08. The van der Waals surface area contributed by atoms with Gasteiger partial charge in [-0.3, -0.25) is 0 Å². The fourth-order valence-corrected chi connectivity index (χ4v) is 1.77. The number of aromatic carboxylic acids is 1. The van der Waals surface area contributed by atoms with E-state index in [9.17, 15) is 4.79 Å². The van der Waals surface area contributed by atoms with E-state index < -0.39 is 5.97 Å². The van der Waals surface area contributed by atoms with Crippen LogP contribution in [0, 0.1) is 6.92 Å². The first-order chi connectivity index (χ1) is 8.61. The standard InChI is InChI=1S/C14H14N2O2/c1-3-10-4-5-12(9(2)6-10)13-15-7-11(8-16-13)14(17)18/h4-8H,3H2,1-2H3,(H,17,18). The van der Waals surface area contributed by atoms with Gasteiger partial charge >= 0.3 is 5.97 Å². The number of aromatic nitrogens is 2. The molecule has 0 saturated heterocycles. The highest BCUT2D eigenvalue weighted by molar-refractivity contribution is 5.86. The average molecular weight is 242 g/mol. The normalized spacial score (nSPS) is 10.3. The van der Waals surface area contributed by atoms with Gasteiger partial charge in [0.05, 0.1) is 5.56 Å². The fourth-order valence-electron chi connectivity index (χ4n) is 1.77. The molecule has 1 aromatic heterocycles. The molecule has 1 aromatic carbocycles. The summed E-state index contributed by atoms with van der Waals surface area (Å²) in [4.78, 5) is 18.9. The number of carbonyl (C=O) groups is 1. The zero-order valence-electron chi connectivity index (χ0n) is 10.3. The highest BCUT2D eigenvalue weighted by Crippen LogP contribution is 2.20. The number of hydrogen-bond donors (Lipinski definition) is 1. The Morgan fingerprint density at radius 3 is 2.44 bits per heavy atom. The van der Waals surface area contributed by atoms with E-state index in [0.29, 0.717) is 5.82 Å². The van der Waals surface area contributed by atoms with Gasteiger partial charge in [-0.2, -0.15) is 0 Å². The lowest BCUT2D eigenvalue weighted by Gasteiger charge is -2.06. The van der Waals surface area contributed by atoms with Crippen LogP contribution in [0.25, 0.3) is 11.4 Å².